The van der Waals surface area contributed by atoms with Crippen molar-refractivity contribution in [3.63, 3.8) is 0 Å². The van der Waals surface area contributed by atoms with E-state index in [-0.39, 0.29) is 11.7 Å². The summed E-state index contributed by atoms with van der Waals surface area (Å²) in [5.41, 5.74) is 7.70. The van der Waals surface area contributed by atoms with Gasteiger partial charge in [-0.05, 0) is 24.6 Å². The van der Waals surface area contributed by atoms with Crippen LogP contribution in [0.25, 0.3) is 0 Å². The molecule has 0 aliphatic rings. The predicted molar refractivity (Wildman–Crippen MR) is 76.1 cm³/mol. The maximum absolute atomic E-state index is 11.9. The topological polar surface area (TPSA) is 81.2 Å². The summed E-state index contributed by atoms with van der Waals surface area (Å²) in [7, 11) is 0. The van der Waals surface area contributed by atoms with E-state index >= 15 is 0 Å². The number of hydrogen-bond acceptors (Lipinski definition) is 4. The van der Waals surface area contributed by atoms with Crippen LogP contribution in [0.5, 0.6) is 0 Å². The van der Waals surface area contributed by atoms with Crippen LogP contribution in [0.2, 0.25) is 0 Å². The van der Waals surface area contributed by atoms with Gasteiger partial charge in [0.2, 0.25) is 5.76 Å². The monoisotopic (exact) mass is 275 g/mol. The highest BCUT2D eigenvalue weighted by Crippen LogP contribution is 2.13. The summed E-state index contributed by atoms with van der Waals surface area (Å²) in [6.07, 6.45) is 1.79. The summed E-state index contributed by atoms with van der Waals surface area (Å²) in [4.78, 5) is 16.2. The maximum atomic E-state index is 11.9. The number of benzene rings is 1. The van der Waals surface area contributed by atoms with E-state index in [4.69, 9.17) is 22.4 Å². The molecule has 0 saturated carbocycles. The van der Waals surface area contributed by atoms with E-state index in [0.29, 0.717) is 22.8 Å². The van der Waals surface area contributed by atoms with Gasteiger partial charge in [0.15, 0.2) is 6.39 Å². The van der Waals surface area contributed by atoms with E-state index in [1.165, 1.54) is 6.39 Å². The normalized spacial score (nSPS) is 10.2. The van der Waals surface area contributed by atoms with Crippen molar-refractivity contribution in [2.45, 2.75) is 13.3 Å². The maximum Gasteiger partial charge on any atom is 0.293 e. The molecule has 0 atom stereocenters. The third kappa shape index (κ3) is 3.38. The molecule has 0 aliphatic heterocycles. The van der Waals surface area contributed by atoms with E-state index in [1.807, 2.05) is 12.1 Å². The number of amides is 1. The molecular weight excluding hydrogens is 262 g/mol. The smallest absolute Gasteiger partial charge is 0.293 e. The molecule has 2 aromatic rings. The molecule has 1 aromatic carbocycles. The van der Waals surface area contributed by atoms with Crippen molar-refractivity contribution in [3.05, 3.63) is 47.7 Å². The van der Waals surface area contributed by atoms with Crippen LogP contribution in [0.15, 0.2) is 35.1 Å². The Hall–Kier alpha value is -2.21. The van der Waals surface area contributed by atoms with Gasteiger partial charge in [0.25, 0.3) is 5.91 Å². The van der Waals surface area contributed by atoms with Crippen LogP contribution in [-0.2, 0) is 6.42 Å². The molecule has 0 spiro atoms. The minimum atomic E-state index is -0.322. The van der Waals surface area contributed by atoms with Gasteiger partial charge in [-0.3, -0.25) is 4.79 Å². The van der Waals surface area contributed by atoms with Gasteiger partial charge in [-0.25, -0.2) is 4.98 Å². The number of thiocarbonyl (C=S) groups is 1. The first-order valence-electron chi connectivity index (χ1n) is 5.65. The van der Waals surface area contributed by atoms with Crippen molar-refractivity contribution in [3.8, 4) is 0 Å². The van der Waals surface area contributed by atoms with Crippen molar-refractivity contribution in [1.82, 2.24) is 4.98 Å². The van der Waals surface area contributed by atoms with Gasteiger partial charge in [-0.1, -0.05) is 24.4 Å². The summed E-state index contributed by atoms with van der Waals surface area (Å²) >= 11 is 4.84. The zero-order valence-corrected chi connectivity index (χ0v) is 11.2. The lowest BCUT2D eigenvalue weighted by molar-refractivity contribution is 0.0996. The van der Waals surface area contributed by atoms with Crippen molar-refractivity contribution < 1.29 is 9.21 Å². The van der Waals surface area contributed by atoms with E-state index in [9.17, 15) is 4.79 Å². The van der Waals surface area contributed by atoms with Crippen LogP contribution in [0, 0.1) is 6.92 Å². The Kier molecular flexibility index (Phi) is 3.91. The third-order valence-corrected chi connectivity index (χ3v) is 2.69. The van der Waals surface area contributed by atoms with Gasteiger partial charge in [-0.15, -0.1) is 0 Å². The van der Waals surface area contributed by atoms with Crippen LogP contribution in [0.4, 0.5) is 5.69 Å². The fourth-order valence-electron chi connectivity index (χ4n) is 1.61. The molecule has 0 saturated heterocycles. The quantitative estimate of drug-likeness (QED) is 0.835. The SMILES string of the molecule is Cc1ncoc1C(=O)Nc1ccc(CC(N)=S)cc1. The van der Waals surface area contributed by atoms with Crippen molar-refractivity contribution >= 4 is 28.8 Å². The number of nitrogens with one attached hydrogen (secondary N) is 1. The molecule has 1 aromatic heterocycles. The third-order valence-electron chi connectivity index (χ3n) is 2.54. The fourth-order valence-corrected chi connectivity index (χ4v) is 1.78. The Morgan fingerprint density at radius 3 is 2.63 bits per heavy atom. The number of nitrogens with zero attached hydrogens (tertiary/aromatic N) is 1. The van der Waals surface area contributed by atoms with Crippen LogP contribution in [0.3, 0.4) is 0 Å². The second-order valence-electron chi connectivity index (χ2n) is 4.06. The fraction of sp³-hybridized carbons (Fsp3) is 0.154. The summed E-state index contributed by atoms with van der Waals surface area (Å²) < 4.78 is 5.02. The number of carbonyl (C=O) groups is 1. The average molecular weight is 275 g/mol. The largest absolute Gasteiger partial charge is 0.438 e. The number of oxazole rings is 1. The zero-order chi connectivity index (χ0) is 13.8. The van der Waals surface area contributed by atoms with E-state index < -0.39 is 0 Å². The second kappa shape index (κ2) is 5.62. The molecule has 0 bridgehead atoms. The molecule has 98 valence electrons. The number of aromatic nitrogens is 1. The van der Waals surface area contributed by atoms with E-state index in [0.717, 1.165) is 5.56 Å². The molecule has 1 amide bonds. The van der Waals surface area contributed by atoms with E-state index in [1.54, 1.807) is 19.1 Å². The average Bonchev–Trinajstić information content (AvgIpc) is 2.77. The van der Waals surface area contributed by atoms with Gasteiger partial charge in [-0.2, -0.15) is 0 Å². The van der Waals surface area contributed by atoms with Gasteiger partial charge >= 0.3 is 0 Å². The minimum absolute atomic E-state index is 0.215. The number of carbonyl (C=O) groups excluding carboxylic acids is 1. The van der Waals surface area contributed by atoms with Crippen molar-refractivity contribution in [2.24, 2.45) is 5.73 Å². The highest BCUT2D eigenvalue weighted by atomic mass is 32.1. The van der Waals surface area contributed by atoms with Gasteiger partial charge in [0, 0.05) is 12.1 Å². The van der Waals surface area contributed by atoms with Gasteiger partial charge in [0.1, 0.15) is 0 Å². The number of hydrogen-bond donors (Lipinski definition) is 2. The molecule has 3 N–H and O–H groups in total. The summed E-state index contributed by atoms with van der Waals surface area (Å²) in [5.74, 6) is -0.107. The zero-order valence-electron chi connectivity index (χ0n) is 10.3. The first-order chi connectivity index (χ1) is 9.06. The van der Waals surface area contributed by atoms with Gasteiger partial charge in [0.05, 0.1) is 10.7 Å². The van der Waals surface area contributed by atoms with Gasteiger partial charge < -0.3 is 15.5 Å². The number of rotatable bonds is 4. The van der Waals surface area contributed by atoms with Crippen LogP contribution >= 0.6 is 12.2 Å². The molecular formula is C13H13N3O2S. The lowest BCUT2D eigenvalue weighted by atomic mass is 10.1. The molecule has 0 unspecified atom stereocenters. The molecule has 19 heavy (non-hydrogen) atoms. The molecule has 0 aliphatic carbocycles. The Balaban J connectivity index is 2.06. The number of anilines is 1. The summed E-state index contributed by atoms with van der Waals surface area (Å²) in [6.45, 7) is 1.71. The van der Waals surface area contributed by atoms with Crippen LogP contribution in [-0.4, -0.2) is 15.9 Å². The molecule has 2 rings (SSSR count). The minimum Gasteiger partial charge on any atom is -0.438 e. The lowest BCUT2D eigenvalue weighted by Crippen LogP contribution is -2.13. The Morgan fingerprint density at radius 1 is 1.42 bits per heavy atom. The molecule has 6 heteroatoms. The Labute approximate surface area is 115 Å². The van der Waals surface area contributed by atoms with E-state index in [2.05, 4.69) is 10.3 Å². The molecule has 0 radical (unpaired) electrons. The molecule has 5 nitrogen and oxygen atoms in total. The summed E-state index contributed by atoms with van der Waals surface area (Å²) in [5, 5.41) is 2.73. The number of nitrogens with two attached hydrogens (primary N) is 1. The lowest BCUT2D eigenvalue weighted by Gasteiger charge is -2.05. The van der Waals surface area contributed by atoms with Crippen LogP contribution < -0.4 is 11.1 Å². The first kappa shape index (κ1) is 13.2. The molecule has 0 fully saturated rings. The summed E-state index contributed by atoms with van der Waals surface area (Å²) in [6, 6.07) is 7.30. The highest BCUT2D eigenvalue weighted by Gasteiger charge is 2.13. The van der Waals surface area contributed by atoms with Crippen molar-refractivity contribution in [1.29, 1.82) is 0 Å². The Morgan fingerprint density at radius 2 is 2.11 bits per heavy atom. The highest BCUT2D eigenvalue weighted by molar-refractivity contribution is 7.80. The standard InChI is InChI=1S/C13H13N3O2S/c1-8-12(18-7-15-8)13(17)16-10-4-2-9(3-5-10)6-11(14)19/h2-5,7H,6H2,1H3,(H2,14,19)(H,16,17). The predicted octanol–water partition coefficient (Wildman–Crippen LogP) is 2.06. The number of aryl methyl sites for hydroxylation is 1. The van der Waals surface area contributed by atoms with Crippen molar-refractivity contribution in [2.75, 3.05) is 5.32 Å². The second-order valence-corrected chi connectivity index (χ2v) is 4.59. The first-order valence-corrected chi connectivity index (χ1v) is 6.06. The molecule has 1 heterocycles. The Bertz CT molecular complexity index is 605. The van der Waals surface area contributed by atoms with Crippen LogP contribution in [0.1, 0.15) is 21.8 Å².